The molecule has 5 nitrogen and oxygen atoms in total. The van der Waals surface area contributed by atoms with Crippen molar-refractivity contribution in [2.45, 2.75) is 37.4 Å². The molecule has 4 N–H and O–H groups in total. The van der Waals surface area contributed by atoms with E-state index in [4.69, 9.17) is 9.84 Å². The highest BCUT2D eigenvalue weighted by Crippen LogP contribution is 2.20. The van der Waals surface area contributed by atoms with Crippen LogP contribution in [0.15, 0.2) is 0 Å². The number of hydrogen-bond donors (Lipinski definition) is 4. The summed E-state index contributed by atoms with van der Waals surface area (Å²) < 4.78 is 5.02. The number of aliphatic hydroxyl groups excluding tert-OH is 4. The molecule has 1 fully saturated rings. The zero-order valence-corrected chi connectivity index (χ0v) is 6.79. The number of rotatable bonds is 1. The summed E-state index contributed by atoms with van der Waals surface area (Å²) in [4.78, 5) is 0. The van der Waals surface area contributed by atoms with Crippen molar-refractivity contribution < 1.29 is 25.2 Å². The lowest BCUT2D eigenvalue weighted by atomic mass is 9.96. The first-order valence-electron chi connectivity index (χ1n) is 3.88. The Bertz CT molecular complexity index is 146. The SMILES string of the molecule is CC1O[C@H](CO)[C@H](O)[C@@H](O)[C@@H]1O. The quantitative estimate of drug-likeness (QED) is 0.367. The van der Waals surface area contributed by atoms with Crippen molar-refractivity contribution in [2.75, 3.05) is 6.61 Å². The van der Waals surface area contributed by atoms with E-state index in [1.54, 1.807) is 6.92 Å². The number of hydrogen-bond acceptors (Lipinski definition) is 5. The fourth-order valence-corrected chi connectivity index (χ4v) is 1.29. The molecule has 0 aromatic carbocycles. The van der Waals surface area contributed by atoms with Crippen LogP contribution < -0.4 is 0 Å². The monoisotopic (exact) mass is 178 g/mol. The molecular weight excluding hydrogens is 164 g/mol. The molecule has 1 aliphatic heterocycles. The van der Waals surface area contributed by atoms with Crippen LogP contribution in [0.3, 0.4) is 0 Å². The summed E-state index contributed by atoms with van der Waals surface area (Å²) in [5, 5.41) is 36.4. The van der Waals surface area contributed by atoms with Crippen LogP contribution >= 0.6 is 0 Å². The third-order valence-corrected chi connectivity index (χ3v) is 2.13. The summed E-state index contributed by atoms with van der Waals surface area (Å²) in [5.74, 6) is 0. The lowest BCUT2D eigenvalue weighted by Gasteiger charge is -2.38. The molecule has 0 spiro atoms. The standard InChI is InChI=1S/C7H14O5/c1-3-5(9)7(11)6(10)4(2-8)12-3/h3-11H,2H2,1H3/t3?,4-,5-,6+,7+/m1/s1. The van der Waals surface area contributed by atoms with E-state index in [1.165, 1.54) is 0 Å². The van der Waals surface area contributed by atoms with Gasteiger partial charge in [0.25, 0.3) is 0 Å². The molecule has 0 amide bonds. The molecule has 5 heteroatoms. The van der Waals surface area contributed by atoms with E-state index < -0.39 is 30.5 Å². The highest BCUT2D eigenvalue weighted by atomic mass is 16.5. The van der Waals surface area contributed by atoms with Gasteiger partial charge in [-0.3, -0.25) is 0 Å². The number of ether oxygens (including phenoxy) is 1. The maximum absolute atomic E-state index is 9.23. The zero-order valence-electron chi connectivity index (χ0n) is 6.79. The minimum absolute atomic E-state index is 0.366. The van der Waals surface area contributed by atoms with Gasteiger partial charge in [-0.05, 0) is 6.92 Å². The average Bonchev–Trinajstić information content (AvgIpc) is 2.08. The molecule has 1 rings (SSSR count). The molecule has 0 saturated carbocycles. The maximum atomic E-state index is 9.23. The van der Waals surface area contributed by atoms with Gasteiger partial charge in [-0.2, -0.15) is 0 Å². The third-order valence-electron chi connectivity index (χ3n) is 2.13. The van der Waals surface area contributed by atoms with E-state index in [-0.39, 0.29) is 6.61 Å². The second-order valence-corrected chi connectivity index (χ2v) is 3.03. The molecule has 1 heterocycles. The van der Waals surface area contributed by atoms with Crippen LogP contribution in [-0.2, 0) is 4.74 Å². The summed E-state index contributed by atoms with van der Waals surface area (Å²) in [5.41, 5.74) is 0. The maximum Gasteiger partial charge on any atom is 0.111 e. The van der Waals surface area contributed by atoms with Gasteiger partial charge in [0.15, 0.2) is 0 Å². The second-order valence-electron chi connectivity index (χ2n) is 3.03. The van der Waals surface area contributed by atoms with Crippen molar-refractivity contribution in [2.24, 2.45) is 0 Å². The first-order valence-corrected chi connectivity index (χ1v) is 3.88. The Morgan fingerprint density at radius 3 is 2.17 bits per heavy atom. The van der Waals surface area contributed by atoms with Crippen LogP contribution in [0.5, 0.6) is 0 Å². The van der Waals surface area contributed by atoms with E-state index in [0.717, 1.165) is 0 Å². The molecule has 5 atom stereocenters. The summed E-state index contributed by atoms with van der Waals surface area (Å²) in [6, 6.07) is 0. The number of aliphatic hydroxyl groups is 4. The Hall–Kier alpha value is -0.200. The first kappa shape index (κ1) is 9.88. The van der Waals surface area contributed by atoms with E-state index in [1.807, 2.05) is 0 Å². The average molecular weight is 178 g/mol. The molecule has 72 valence electrons. The fraction of sp³-hybridized carbons (Fsp3) is 1.00. The lowest BCUT2D eigenvalue weighted by molar-refractivity contribution is -0.224. The molecule has 0 radical (unpaired) electrons. The Balaban J connectivity index is 2.63. The van der Waals surface area contributed by atoms with Crippen LogP contribution in [0.2, 0.25) is 0 Å². The van der Waals surface area contributed by atoms with Gasteiger partial charge < -0.3 is 25.2 Å². The van der Waals surface area contributed by atoms with Gasteiger partial charge in [0.1, 0.15) is 24.4 Å². The molecule has 1 aliphatic rings. The normalized spacial score (nSPS) is 49.2. The van der Waals surface area contributed by atoms with Gasteiger partial charge in [0.05, 0.1) is 12.7 Å². The smallest absolute Gasteiger partial charge is 0.111 e. The van der Waals surface area contributed by atoms with Gasteiger partial charge in [-0.15, -0.1) is 0 Å². The third kappa shape index (κ3) is 1.60. The second kappa shape index (κ2) is 3.68. The van der Waals surface area contributed by atoms with Crippen LogP contribution in [0, 0.1) is 0 Å². The first-order chi connectivity index (χ1) is 5.57. The van der Waals surface area contributed by atoms with E-state index >= 15 is 0 Å². The predicted octanol–water partition coefficient (Wildman–Crippen LogP) is -2.15. The molecular formula is C7H14O5. The van der Waals surface area contributed by atoms with Crippen molar-refractivity contribution >= 4 is 0 Å². The fourth-order valence-electron chi connectivity index (χ4n) is 1.29. The van der Waals surface area contributed by atoms with Crippen LogP contribution in [0.4, 0.5) is 0 Å². The Morgan fingerprint density at radius 1 is 1.08 bits per heavy atom. The molecule has 0 aromatic heterocycles. The van der Waals surface area contributed by atoms with Gasteiger partial charge >= 0.3 is 0 Å². The predicted molar refractivity (Wildman–Crippen MR) is 39.4 cm³/mol. The summed E-state index contributed by atoms with van der Waals surface area (Å²) in [7, 11) is 0. The molecule has 1 unspecified atom stereocenters. The lowest BCUT2D eigenvalue weighted by Crippen LogP contribution is -2.57. The molecule has 0 aromatic rings. The Kier molecular flexibility index (Phi) is 3.03. The van der Waals surface area contributed by atoms with Crippen molar-refractivity contribution in [1.29, 1.82) is 0 Å². The van der Waals surface area contributed by atoms with Crippen LogP contribution in [0.1, 0.15) is 6.92 Å². The van der Waals surface area contributed by atoms with Crippen molar-refractivity contribution in [1.82, 2.24) is 0 Å². The topological polar surface area (TPSA) is 90.2 Å². The molecule has 12 heavy (non-hydrogen) atoms. The van der Waals surface area contributed by atoms with E-state index in [2.05, 4.69) is 0 Å². The summed E-state index contributed by atoms with van der Waals surface area (Å²) in [6.07, 6.45) is -4.94. The Labute approximate surface area is 70.2 Å². The van der Waals surface area contributed by atoms with E-state index in [9.17, 15) is 15.3 Å². The van der Waals surface area contributed by atoms with E-state index in [0.29, 0.717) is 0 Å². The van der Waals surface area contributed by atoms with Crippen molar-refractivity contribution in [3.8, 4) is 0 Å². The minimum Gasteiger partial charge on any atom is -0.394 e. The van der Waals surface area contributed by atoms with Crippen LogP contribution in [0.25, 0.3) is 0 Å². The van der Waals surface area contributed by atoms with Crippen LogP contribution in [-0.4, -0.2) is 57.6 Å². The molecule has 0 bridgehead atoms. The van der Waals surface area contributed by atoms with Gasteiger partial charge in [0, 0.05) is 0 Å². The van der Waals surface area contributed by atoms with Gasteiger partial charge in [-0.1, -0.05) is 0 Å². The minimum atomic E-state index is -1.24. The highest BCUT2D eigenvalue weighted by Gasteiger charge is 2.41. The largest absolute Gasteiger partial charge is 0.394 e. The molecule has 0 aliphatic carbocycles. The highest BCUT2D eigenvalue weighted by molar-refractivity contribution is 4.89. The molecule has 1 saturated heterocycles. The Morgan fingerprint density at radius 2 is 1.67 bits per heavy atom. The van der Waals surface area contributed by atoms with Crippen molar-refractivity contribution in [3.63, 3.8) is 0 Å². The van der Waals surface area contributed by atoms with Crippen molar-refractivity contribution in [3.05, 3.63) is 0 Å². The zero-order chi connectivity index (χ0) is 9.30. The van der Waals surface area contributed by atoms with Gasteiger partial charge in [0.2, 0.25) is 0 Å². The summed E-state index contributed by atoms with van der Waals surface area (Å²) >= 11 is 0. The summed E-state index contributed by atoms with van der Waals surface area (Å²) in [6.45, 7) is 1.21. The van der Waals surface area contributed by atoms with Gasteiger partial charge in [-0.25, -0.2) is 0 Å².